The number of ether oxygens (including phenoxy) is 1. The lowest BCUT2D eigenvalue weighted by atomic mass is 10.2. The second-order valence-corrected chi connectivity index (χ2v) is 8.52. The van der Waals surface area contributed by atoms with Gasteiger partial charge in [0, 0.05) is 35.0 Å². The highest BCUT2D eigenvalue weighted by Gasteiger charge is 2.32. The van der Waals surface area contributed by atoms with Gasteiger partial charge in [0.25, 0.3) is 0 Å². The molecule has 0 saturated carbocycles. The van der Waals surface area contributed by atoms with Gasteiger partial charge in [0.2, 0.25) is 0 Å². The number of thiazole rings is 1. The van der Waals surface area contributed by atoms with Gasteiger partial charge in [-0.15, -0.1) is 11.3 Å². The van der Waals surface area contributed by atoms with Crippen LogP contribution in [0.4, 0.5) is 4.79 Å². The molecule has 1 unspecified atom stereocenters. The fourth-order valence-corrected chi connectivity index (χ4v) is 4.31. The molecule has 112 valence electrons. The molecule has 1 aliphatic heterocycles. The summed E-state index contributed by atoms with van der Waals surface area (Å²) in [5.41, 5.74) is 1.26. The molecule has 1 aromatic rings. The smallest absolute Gasteiger partial charge is 0.410 e. The molecule has 1 saturated heterocycles. The van der Waals surface area contributed by atoms with Crippen molar-refractivity contribution in [2.45, 2.75) is 43.8 Å². The van der Waals surface area contributed by atoms with E-state index in [9.17, 15) is 9.00 Å². The van der Waals surface area contributed by atoms with E-state index in [0.29, 0.717) is 18.8 Å². The van der Waals surface area contributed by atoms with Gasteiger partial charge in [-0.25, -0.2) is 4.79 Å². The molecule has 2 atom stereocenters. The summed E-state index contributed by atoms with van der Waals surface area (Å²) < 4.78 is 17.6. The third kappa shape index (κ3) is 4.28. The van der Waals surface area contributed by atoms with Gasteiger partial charge in [-0.05, 0) is 27.2 Å². The fourth-order valence-electron chi connectivity index (χ4n) is 2.01. The Morgan fingerprint density at radius 3 is 2.95 bits per heavy atom. The minimum Gasteiger partial charge on any atom is -0.444 e. The Morgan fingerprint density at radius 2 is 2.35 bits per heavy atom. The Hall–Kier alpha value is -0.950. The number of aromatic nitrogens is 1. The number of rotatable bonds is 3. The molecule has 0 radical (unpaired) electrons. The molecule has 0 aliphatic carbocycles. The highest BCUT2D eigenvalue weighted by Crippen LogP contribution is 2.21. The van der Waals surface area contributed by atoms with Crippen LogP contribution in [-0.2, 0) is 21.3 Å². The van der Waals surface area contributed by atoms with E-state index in [1.54, 1.807) is 16.6 Å². The summed E-state index contributed by atoms with van der Waals surface area (Å²) in [5, 5.41) is 0.0321. The molecule has 7 heteroatoms. The minimum atomic E-state index is -0.964. The maximum absolute atomic E-state index is 12.3. The third-order valence-corrected chi connectivity index (χ3v) is 5.62. The van der Waals surface area contributed by atoms with Gasteiger partial charge in [0.05, 0.1) is 16.5 Å². The monoisotopic (exact) mass is 316 g/mol. The summed E-state index contributed by atoms with van der Waals surface area (Å²) >= 11 is 1.52. The lowest BCUT2D eigenvalue weighted by Gasteiger charge is -2.24. The highest BCUT2D eigenvalue weighted by molar-refractivity contribution is 7.85. The van der Waals surface area contributed by atoms with Crippen molar-refractivity contribution in [2.75, 3.05) is 13.1 Å². The van der Waals surface area contributed by atoms with Crippen LogP contribution in [0.25, 0.3) is 0 Å². The van der Waals surface area contributed by atoms with Gasteiger partial charge < -0.3 is 9.64 Å². The summed E-state index contributed by atoms with van der Waals surface area (Å²) in [4.78, 5) is 18.6. The van der Waals surface area contributed by atoms with E-state index in [2.05, 4.69) is 4.98 Å². The molecule has 1 amide bonds. The third-order valence-electron chi connectivity index (χ3n) is 2.94. The summed E-state index contributed by atoms with van der Waals surface area (Å²) in [7, 11) is -0.964. The number of amides is 1. The first-order chi connectivity index (χ1) is 9.35. The average Bonchev–Trinajstić information content (AvgIpc) is 2.96. The predicted octanol–water partition coefficient (Wildman–Crippen LogP) is 2.40. The molecule has 1 aromatic heterocycles. The lowest BCUT2D eigenvalue weighted by molar-refractivity contribution is 0.0295. The zero-order valence-corrected chi connectivity index (χ0v) is 13.6. The number of hydrogen-bond acceptors (Lipinski definition) is 5. The van der Waals surface area contributed by atoms with Crippen molar-refractivity contribution in [3.8, 4) is 0 Å². The van der Waals surface area contributed by atoms with Gasteiger partial charge in [-0.1, -0.05) is 0 Å². The van der Waals surface area contributed by atoms with Crippen LogP contribution in [-0.4, -0.2) is 44.1 Å². The van der Waals surface area contributed by atoms with E-state index in [0.717, 1.165) is 11.3 Å². The molecular weight excluding hydrogens is 296 g/mol. The predicted molar refractivity (Wildman–Crippen MR) is 80.2 cm³/mol. The zero-order valence-electron chi connectivity index (χ0n) is 12.0. The minimum absolute atomic E-state index is 0.0321. The zero-order chi connectivity index (χ0) is 14.8. The Morgan fingerprint density at radius 1 is 1.60 bits per heavy atom. The van der Waals surface area contributed by atoms with E-state index < -0.39 is 16.4 Å². The first-order valence-corrected chi connectivity index (χ1v) is 8.84. The molecule has 2 rings (SSSR count). The largest absolute Gasteiger partial charge is 0.444 e. The number of carbonyl (C=O) groups excluding carboxylic acids is 1. The Bertz CT molecular complexity index is 482. The molecular formula is C13H20N2O3S2. The first kappa shape index (κ1) is 15.4. The standard InChI is InChI=1S/C13H20N2O3S2/c1-13(2,3)18-12(16)15-5-4-11(7-15)20(17)8-10-6-14-9-19-10/h6,9,11H,4-5,7-8H2,1-3H3/t11-,20?/m1/s1. The average molecular weight is 316 g/mol. The van der Waals surface area contributed by atoms with Crippen LogP contribution in [0.2, 0.25) is 0 Å². The molecule has 5 nitrogen and oxygen atoms in total. The number of hydrogen-bond donors (Lipinski definition) is 0. The number of carbonyl (C=O) groups is 1. The molecule has 20 heavy (non-hydrogen) atoms. The summed E-state index contributed by atoms with van der Waals surface area (Å²) in [5.74, 6) is 0.525. The second kappa shape index (κ2) is 6.22. The Labute approximate surface area is 125 Å². The topological polar surface area (TPSA) is 59.5 Å². The molecule has 0 N–H and O–H groups in total. The number of likely N-dealkylation sites (tertiary alicyclic amines) is 1. The van der Waals surface area contributed by atoms with Crippen LogP contribution in [0.15, 0.2) is 11.7 Å². The summed E-state index contributed by atoms with van der Waals surface area (Å²) in [6, 6.07) is 0. The van der Waals surface area contributed by atoms with Crippen LogP contribution >= 0.6 is 11.3 Å². The van der Waals surface area contributed by atoms with Crippen LogP contribution in [0, 0.1) is 0 Å². The molecule has 1 aliphatic rings. The Kier molecular flexibility index (Phi) is 4.80. The van der Waals surface area contributed by atoms with E-state index in [-0.39, 0.29) is 11.3 Å². The van der Waals surface area contributed by atoms with E-state index in [1.165, 1.54) is 11.3 Å². The normalized spacial score (nSPS) is 20.9. The second-order valence-electron chi connectivity index (χ2n) is 5.83. The van der Waals surface area contributed by atoms with Crippen LogP contribution in [0.5, 0.6) is 0 Å². The van der Waals surface area contributed by atoms with Gasteiger partial charge in [0.1, 0.15) is 5.60 Å². The van der Waals surface area contributed by atoms with Crippen molar-refractivity contribution in [1.29, 1.82) is 0 Å². The van der Waals surface area contributed by atoms with Crippen molar-refractivity contribution in [3.63, 3.8) is 0 Å². The SMILES string of the molecule is CC(C)(C)OC(=O)N1CC[C@@H](S(=O)Cc2cncs2)C1. The molecule has 0 aromatic carbocycles. The summed E-state index contributed by atoms with van der Waals surface area (Å²) in [6.07, 6.45) is 2.21. The fraction of sp³-hybridized carbons (Fsp3) is 0.692. The number of nitrogens with zero attached hydrogens (tertiary/aromatic N) is 2. The van der Waals surface area contributed by atoms with Crippen molar-refractivity contribution < 1.29 is 13.7 Å². The Balaban J connectivity index is 1.85. The van der Waals surface area contributed by atoms with Gasteiger partial charge >= 0.3 is 6.09 Å². The molecule has 0 bridgehead atoms. The highest BCUT2D eigenvalue weighted by atomic mass is 32.2. The quantitative estimate of drug-likeness (QED) is 0.859. The van der Waals surface area contributed by atoms with E-state index >= 15 is 0 Å². The van der Waals surface area contributed by atoms with E-state index in [4.69, 9.17) is 4.74 Å². The van der Waals surface area contributed by atoms with Crippen LogP contribution in [0.3, 0.4) is 0 Å². The first-order valence-electron chi connectivity index (χ1n) is 6.57. The maximum atomic E-state index is 12.3. The van der Waals surface area contributed by atoms with Crippen molar-refractivity contribution in [1.82, 2.24) is 9.88 Å². The summed E-state index contributed by atoms with van der Waals surface area (Å²) in [6.45, 7) is 6.68. The lowest BCUT2D eigenvalue weighted by Crippen LogP contribution is -2.36. The van der Waals surface area contributed by atoms with Gasteiger partial charge in [0.15, 0.2) is 0 Å². The van der Waals surface area contributed by atoms with Crippen molar-refractivity contribution in [3.05, 3.63) is 16.6 Å². The van der Waals surface area contributed by atoms with Gasteiger partial charge in [-0.2, -0.15) is 0 Å². The van der Waals surface area contributed by atoms with Gasteiger partial charge in [-0.3, -0.25) is 9.19 Å². The van der Waals surface area contributed by atoms with Crippen molar-refractivity contribution in [2.24, 2.45) is 0 Å². The van der Waals surface area contributed by atoms with Crippen molar-refractivity contribution >= 4 is 28.2 Å². The van der Waals surface area contributed by atoms with Crippen LogP contribution < -0.4 is 0 Å². The van der Waals surface area contributed by atoms with Crippen LogP contribution in [0.1, 0.15) is 32.1 Å². The maximum Gasteiger partial charge on any atom is 0.410 e. The molecule has 2 heterocycles. The molecule has 0 spiro atoms. The molecule has 1 fully saturated rings. The van der Waals surface area contributed by atoms with E-state index in [1.807, 2.05) is 20.8 Å².